The summed E-state index contributed by atoms with van der Waals surface area (Å²) in [7, 11) is 0. The van der Waals surface area contributed by atoms with Crippen LogP contribution in [0.5, 0.6) is 0 Å². The van der Waals surface area contributed by atoms with Gasteiger partial charge in [-0.15, -0.1) is 0 Å². The third-order valence-electron chi connectivity index (χ3n) is 7.22. The van der Waals surface area contributed by atoms with Crippen molar-refractivity contribution in [2.24, 2.45) is 17.8 Å². The fourth-order valence-electron chi connectivity index (χ4n) is 5.66. The Bertz CT molecular complexity index is 515. The molecule has 0 aromatic carbocycles. The number of nitrogens with zero attached hydrogens (tertiary/aromatic N) is 3. The minimum atomic E-state index is 0.278. The molecule has 2 amide bonds. The van der Waals surface area contributed by atoms with E-state index in [4.69, 9.17) is 0 Å². The number of likely N-dealkylation sites (tertiary alicyclic amines) is 1. The molecule has 5 heteroatoms. The Morgan fingerprint density at radius 2 is 1.72 bits per heavy atom. The van der Waals surface area contributed by atoms with Crippen molar-refractivity contribution in [2.75, 3.05) is 39.3 Å². The summed E-state index contributed by atoms with van der Waals surface area (Å²) in [6.45, 7) is 6.91. The average molecular weight is 348 g/mol. The van der Waals surface area contributed by atoms with Gasteiger partial charge in [0.15, 0.2) is 0 Å². The van der Waals surface area contributed by atoms with Gasteiger partial charge in [0.1, 0.15) is 0 Å². The highest BCUT2D eigenvalue weighted by Crippen LogP contribution is 2.48. The minimum absolute atomic E-state index is 0.278. The quantitative estimate of drug-likeness (QED) is 0.784. The van der Waals surface area contributed by atoms with E-state index in [9.17, 15) is 9.59 Å². The lowest BCUT2D eigenvalue weighted by molar-refractivity contribution is -0.140. The van der Waals surface area contributed by atoms with E-state index >= 15 is 0 Å². The van der Waals surface area contributed by atoms with Gasteiger partial charge < -0.3 is 9.80 Å². The lowest BCUT2D eigenvalue weighted by Gasteiger charge is -2.39. The summed E-state index contributed by atoms with van der Waals surface area (Å²) in [6, 6.07) is 0.391. The van der Waals surface area contributed by atoms with Crippen LogP contribution < -0.4 is 0 Å². The van der Waals surface area contributed by atoms with Crippen LogP contribution in [0.4, 0.5) is 0 Å². The molecule has 2 bridgehead atoms. The minimum Gasteiger partial charge on any atom is -0.340 e. The molecule has 2 saturated carbocycles. The van der Waals surface area contributed by atoms with E-state index in [1.165, 1.54) is 25.7 Å². The fraction of sp³-hybridized carbons (Fsp3) is 0.900. The van der Waals surface area contributed by atoms with Gasteiger partial charge in [-0.05, 0) is 57.3 Å². The molecular weight excluding hydrogens is 314 g/mol. The summed E-state index contributed by atoms with van der Waals surface area (Å²) >= 11 is 0. The number of amides is 2. The van der Waals surface area contributed by atoms with Crippen molar-refractivity contribution in [1.29, 1.82) is 0 Å². The second kappa shape index (κ2) is 7.26. The van der Waals surface area contributed by atoms with E-state index in [1.807, 2.05) is 0 Å². The van der Waals surface area contributed by atoms with Crippen molar-refractivity contribution in [3.05, 3.63) is 0 Å². The fourth-order valence-corrected chi connectivity index (χ4v) is 5.66. The Hall–Kier alpha value is -1.10. The summed E-state index contributed by atoms with van der Waals surface area (Å²) < 4.78 is 0. The van der Waals surface area contributed by atoms with E-state index in [-0.39, 0.29) is 5.91 Å². The molecule has 4 rings (SSSR count). The van der Waals surface area contributed by atoms with Crippen LogP contribution >= 0.6 is 0 Å². The monoisotopic (exact) mass is 347 g/mol. The summed E-state index contributed by atoms with van der Waals surface area (Å²) in [6.07, 6.45) is 8.56. The van der Waals surface area contributed by atoms with Crippen molar-refractivity contribution in [3.63, 3.8) is 0 Å². The Morgan fingerprint density at radius 3 is 2.36 bits per heavy atom. The molecule has 2 saturated heterocycles. The van der Waals surface area contributed by atoms with Gasteiger partial charge in [-0.25, -0.2) is 0 Å². The smallest absolute Gasteiger partial charge is 0.236 e. The van der Waals surface area contributed by atoms with Crippen molar-refractivity contribution < 1.29 is 9.59 Å². The van der Waals surface area contributed by atoms with Crippen molar-refractivity contribution in [3.8, 4) is 0 Å². The van der Waals surface area contributed by atoms with Crippen molar-refractivity contribution in [1.82, 2.24) is 14.7 Å². The van der Waals surface area contributed by atoms with Crippen LogP contribution in [0.1, 0.15) is 51.9 Å². The van der Waals surface area contributed by atoms with Crippen LogP contribution in [0.25, 0.3) is 0 Å². The van der Waals surface area contributed by atoms with Crippen LogP contribution in [-0.4, -0.2) is 71.8 Å². The molecule has 0 aromatic rings. The second-order valence-corrected chi connectivity index (χ2v) is 8.81. The summed E-state index contributed by atoms with van der Waals surface area (Å²) in [5, 5.41) is 0. The maximum Gasteiger partial charge on any atom is 0.236 e. The molecule has 0 spiro atoms. The Labute approximate surface area is 151 Å². The van der Waals surface area contributed by atoms with Crippen LogP contribution in [-0.2, 0) is 9.59 Å². The van der Waals surface area contributed by atoms with Crippen LogP contribution in [0, 0.1) is 17.8 Å². The summed E-state index contributed by atoms with van der Waals surface area (Å²) in [5.74, 6) is 2.48. The van der Waals surface area contributed by atoms with Gasteiger partial charge in [0.25, 0.3) is 0 Å². The average Bonchev–Trinajstić information content (AvgIpc) is 3.25. The van der Waals surface area contributed by atoms with Gasteiger partial charge in [0.05, 0.1) is 6.54 Å². The number of piperidine rings is 1. The number of hydrogen-bond acceptors (Lipinski definition) is 3. The zero-order chi connectivity index (χ0) is 17.4. The lowest BCUT2D eigenvalue weighted by Crippen LogP contribution is -2.54. The maximum absolute atomic E-state index is 12.8. The lowest BCUT2D eigenvalue weighted by atomic mass is 9.87. The first kappa shape index (κ1) is 17.3. The van der Waals surface area contributed by atoms with E-state index in [0.717, 1.165) is 57.9 Å². The predicted molar refractivity (Wildman–Crippen MR) is 97.0 cm³/mol. The molecule has 0 radical (unpaired) electrons. The molecule has 0 N–H and O–H groups in total. The van der Waals surface area contributed by atoms with Gasteiger partial charge in [-0.3, -0.25) is 14.5 Å². The van der Waals surface area contributed by atoms with Crippen LogP contribution in [0.2, 0.25) is 0 Å². The summed E-state index contributed by atoms with van der Waals surface area (Å²) in [5.41, 5.74) is 0. The highest BCUT2D eigenvalue weighted by atomic mass is 16.2. The first-order valence-electron chi connectivity index (χ1n) is 10.4. The largest absolute Gasteiger partial charge is 0.340 e. The topological polar surface area (TPSA) is 43.9 Å². The molecule has 2 aliphatic carbocycles. The molecule has 4 unspecified atom stereocenters. The third kappa shape index (κ3) is 3.57. The Morgan fingerprint density at radius 1 is 0.920 bits per heavy atom. The molecule has 140 valence electrons. The first-order valence-corrected chi connectivity index (χ1v) is 10.4. The zero-order valence-corrected chi connectivity index (χ0v) is 15.7. The van der Waals surface area contributed by atoms with E-state index in [0.29, 0.717) is 30.3 Å². The number of piperazine rings is 1. The van der Waals surface area contributed by atoms with Gasteiger partial charge in [0, 0.05) is 44.7 Å². The zero-order valence-electron chi connectivity index (χ0n) is 15.7. The molecule has 2 heterocycles. The molecule has 5 nitrogen and oxygen atoms in total. The molecule has 25 heavy (non-hydrogen) atoms. The van der Waals surface area contributed by atoms with Crippen LogP contribution in [0.15, 0.2) is 0 Å². The third-order valence-corrected chi connectivity index (χ3v) is 7.22. The van der Waals surface area contributed by atoms with Gasteiger partial charge >= 0.3 is 0 Å². The molecular formula is C20H33N3O2. The number of hydrogen-bond donors (Lipinski definition) is 0. The van der Waals surface area contributed by atoms with Gasteiger partial charge in [-0.1, -0.05) is 6.42 Å². The standard InChI is InChI=1S/C20H33N3O2/c1-15-4-2-3-7-23(15)19(24)14-21-8-10-22(11-9-21)20(25)18-13-16-5-6-17(18)12-16/h15-18H,2-14H2,1H3. The number of carbonyl (C=O) groups is 2. The molecule has 4 atom stereocenters. The maximum atomic E-state index is 12.8. The SMILES string of the molecule is CC1CCCCN1C(=O)CN1CCN(C(=O)C2CC3CCC2C3)CC1. The van der Waals surface area contributed by atoms with Crippen LogP contribution in [0.3, 0.4) is 0 Å². The van der Waals surface area contributed by atoms with E-state index in [1.54, 1.807) is 0 Å². The number of rotatable bonds is 3. The molecule has 4 fully saturated rings. The normalized spacial score (nSPS) is 36.0. The second-order valence-electron chi connectivity index (χ2n) is 8.81. The first-order chi connectivity index (χ1) is 12.1. The molecule has 0 aromatic heterocycles. The summed E-state index contributed by atoms with van der Waals surface area (Å²) in [4.78, 5) is 31.8. The highest BCUT2D eigenvalue weighted by molar-refractivity contribution is 5.80. The number of fused-ring (bicyclic) bond motifs is 2. The Balaban J connectivity index is 1.24. The van der Waals surface area contributed by atoms with Gasteiger partial charge in [-0.2, -0.15) is 0 Å². The highest BCUT2D eigenvalue weighted by Gasteiger charge is 2.44. The number of carbonyl (C=O) groups excluding carboxylic acids is 2. The molecule has 2 aliphatic heterocycles. The predicted octanol–water partition coefficient (Wildman–Crippen LogP) is 1.97. The van der Waals surface area contributed by atoms with Gasteiger partial charge in [0.2, 0.25) is 11.8 Å². The van der Waals surface area contributed by atoms with Crippen molar-refractivity contribution >= 4 is 11.8 Å². The van der Waals surface area contributed by atoms with Crippen molar-refractivity contribution in [2.45, 2.75) is 57.9 Å². The molecule has 4 aliphatic rings. The van der Waals surface area contributed by atoms with E-state index in [2.05, 4.69) is 21.6 Å². The van der Waals surface area contributed by atoms with E-state index < -0.39 is 0 Å². The Kier molecular flexibility index (Phi) is 5.03.